The zero-order chi connectivity index (χ0) is 11.5. The fraction of sp³-hybridized carbons (Fsp3) is 0.167. The van der Waals surface area contributed by atoms with Gasteiger partial charge in [-0.1, -0.05) is 12.1 Å². The number of rotatable bonds is 4. The van der Waals surface area contributed by atoms with Crippen molar-refractivity contribution in [3.63, 3.8) is 0 Å². The lowest BCUT2D eigenvalue weighted by Gasteiger charge is -2.00. The predicted molar refractivity (Wildman–Crippen MR) is 66.9 cm³/mol. The van der Waals surface area contributed by atoms with Crippen molar-refractivity contribution in [2.45, 2.75) is 6.42 Å². The second-order valence-electron chi connectivity index (χ2n) is 3.86. The van der Waals surface area contributed by atoms with Gasteiger partial charge in [0.25, 0.3) is 0 Å². The summed E-state index contributed by atoms with van der Waals surface area (Å²) in [5.41, 5.74) is 3.15. The summed E-state index contributed by atoms with van der Waals surface area (Å²) >= 11 is 0. The summed E-state index contributed by atoms with van der Waals surface area (Å²) in [5.74, 6) is 0.811. The number of H-pyrrole nitrogens is 2. The molecule has 3 rings (SSSR count). The van der Waals surface area contributed by atoms with Crippen molar-refractivity contribution in [1.29, 1.82) is 0 Å². The molecule has 0 aliphatic heterocycles. The average molecular weight is 227 g/mol. The van der Waals surface area contributed by atoms with E-state index in [1.165, 1.54) is 0 Å². The highest BCUT2D eigenvalue weighted by molar-refractivity contribution is 5.77. The smallest absolute Gasteiger partial charge is 0.201 e. The Labute approximate surface area is 98.3 Å². The van der Waals surface area contributed by atoms with Crippen LogP contribution in [0.25, 0.3) is 11.0 Å². The molecule has 1 aromatic carbocycles. The van der Waals surface area contributed by atoms with Crippen LogP contribution in [0.2, 0.25) is 0 Å². The molecular weight excluding hydrogens is 214 g/mol. The Balaban J connectivity index is 1.65. The minimum absolute atomic E-state index is 0.811. The zero-order valence-electron chi connectivity index (χ0n) is 9.27. The Morgan fingerprint density at radius 1 is 1.24 bits per heavy atom. The normalized spacial score (nSPS) is 10.8. The van der Waals surface area contributed by atoms with E-state index in [9.17, 15) is 0 Å². The molecule has 0 saturated carbocycles. The van der Waals surface area contributed by atoms with Gasteiger partial charge >= 0.3 is 0 Å². The number of benzene rings is 1. The third-order valence-corrected chi connectivity index (χ3v) is 2.63. The van der Waals surface area contributed by atoms with Crippen LogP contribution in [-0.4, -0.2) is 26.5 Å². The molecule has 0 bridgehead atoms. The number of hydrogen-bond acceptors (Lipinski definition) is 3. The van der Waals surface area contributed by atoms with Gasteiger partial charge in [-0.3, -0.25) is 0 Å². The molecule has 5 heteroatoms. The van der Waals surface area contributed by atoms with Gasteiger partial charge in [-0.05, 0) is 12.1 Å². The molecule has 17 heavy (non-hydrogen) atoms. The summed E-state index contributed by atoms with van der Waals surface area (Å²) in [6, 6.07) is 7.99. The van der Waals surface area contributed by atoms with Crippen molar-refractivity contribution >= 4 is 17.0 Å². The number of para-hydroxylation sites is 2. The van der Waals surface area contributed by atoms with E-state index >= 15 is 0 Å². The van der Waals surface area contributed by atoms with Crippen LogP contribution < -0.4 is 5.32 Å². The van der Waals surface area contributed by atoms with E-state index in [0.717, 1.165) is 35.6 Å². The predicted octanol–water partition coefficient (Wildman–Crippen LogP) is 1.94. The van der Waals surface area contributed by atoms with Gasteiger partial charge in [0.05, 0.1) is 17.4 Å². The van der Waals surface area contributed by atoms with Crippen molar-refractivity contribution < 1.29 is 0 Å². The summed E-state index contributed by atoms with van der Waals surface area (Å²) < 4.78 is 0. The van der Waals surface area contributed by atoms with Gasteiger partial charge < -0.3 is 15.3 Å². The Morgan fingerprint density at radius 2 is 2.18 bits per heavy atom. The van der Waals surface area contributed by atoms with Crippen molar-refractivity contribution in [3.05, 3.63) is 42.5 Å². The molecule has 0 spiro atoms. The molecule has 0 atom stereocenters. The van der Waals surface area contributed by atoms with E-state index in [1.807, 2.05) is 30.5 Å². The maximum Gasteiger partial charge on any atom is 0.201 e. The number of imidazole rings is 2. The van der Waals surface area contributed by atoms with Crippen LogP contribution in [0.1, 0.15) is 5.69 Å². The maximum atomic E-state index is 4.44. The number of nitrogens with zero attached hydrogens (tertiary/aromatic N) is 2. The molecule has 0 radical (unpaired) electrons. The van der Waals surface area contributed by atoms with Crippen molar-refractivity contribution in [3.8, 4) is 0 Å². The third kappa shape index (κ3) is 2.13. The Hall–Kier alpha value is -2.30. The second-order valence-corrected chi connectivity index (χ2v) is 3.86. The zero-order valence-corrected chi connectivity index (χ0v) is 9.27. The highest BCUT2D eigenvalue weighted by Crippen LogP contribution is 2.12. The second kappa shape index (κ2) is 4.29. The van der Waals surface area contributed by atoms with Crippen molar-refractivity contribution in [1.82, 2.24) is 19.9 Å². The van der Waals surface area contributed by atoms with Crippen LogP contribution >= 0.6 is 0 Å². The van der Waals surface area contributed by atoms with E-state index < -0.39 is 0 Å². The standard InChI is InChI=1S/C12H13N5/c1-2-4-11-10(3-1)16-12(17-11)14-6-5-9-7-13-8-15-9/h1-4,7-8H,5-6H2,(H,13,15)(H2,14,16,17). The van der Waals surface area contributed by atoms with E-state index in [1.54, 1.807) is 6.33 Å². The Kier molecular flexibility index (Phi) is 2.50. The fourth-order valence-corrected chi connectivity index (χ4v) is 1.77. The quantitative estimate of drug-likeness (QED) is 0.638. The Bertz CT molecular complexity index is 563. The first kappa shape index (κ1) is 9.89. The van der Waals surface area contributed by atoms with E-state index in [0.29, 0.717) is 0 Å². The van der Waals surface area contributed by atoms with Gasteiger partial charge in [0.2, 0.25) is 5.95 Å². The molecule has 2 aromatic heterocycles. The number of aromatic nitrogens is 4. The first-order chi connectivity index (χ1) is 8.42. The molecule has 3 N–H and O–H groups in total. The summed E-state index contributed by atoms with van der Waals surface area (Å²) in [6.45, 7) is 0.821. The number of fused-ring (bicyclic) bond motifs is 1. The summed E-state index contributed by atoms with van der Waals surface area (Å²) in [4.78, 5) is 14.7. The first-order valence-corrected chi connectivity index (χ1v) is 5.58. The molecule has 5 nitrogen and oxygen atoms in total. The highest BCUT2D eigenvalue weighted by atomic mass is 15.1. The molecule has 0 amide bonds. The van der Waals surface area contributed by atoms with Crippen molar-refractivity contribution in [2.24, 2.45) is 0 Å². The Morgan fingerprint density at radius 3 is 3.00 bits per heavy atom. The van der Waals surface area contributed by atoms with E-state index in [4.69, 9.17) is 0 Å². The van der Waals surface area contributed by atoms with E-state index in [2.05, 4.69) is 25.3 Å². The lowest BCUT2D eigenvalue weighted by atomic mass is 10.3. The molecule has 0 aliphatic rings. The third-order valence-electron chi connectivity index (χ3n) is 2.63. The fourth-order valence-electron chi connectivity index (χ4n) is 1.77. The first-order valence-electron chi connectivity index (χ1n) is 5.58. The van der Waals surface area contributed by atoms with Gasteiger partial charge in [0.1, 0.15) is 0 Å². The topological polar surface area (TPSA) is 69.4 Å². The van der Waals surface area contributed by atoms with Crippen molar-refractivity contribution in [2.75, 3.05) is 11.9 Å². The molecule has 0 unspecified atom stereocenters. The lowest BCUT2D eigenvalue weighted by molar-refractivity contribution is 0.963. The molecule has 86 valence electrons. The van der Waals surface area contributed by atoms with Crippen LogP contribution in [0.5, 0.6) is 0 Å². The number of hydrogen-bond donors (Lipinski definition) is 3. The number of nitrogens with one attached hydrogen (secondary N) is 3. The summed E-state index contributed by atoms with van der Waals surface area (Å²) in [6.07, 6.45) is 4.42. The monoisotopic (exact) mass is 227 g/mol. The SMILES string of the molecule is c1ccc2[nH]c(NCCc3cnc[nH]3)nc2c1. The van der Waals surface area contributed by atoms with Crippen LogP contribution in [-0.2, 0) is 6.42 Å². The largest absolute Gasteiger partial charge is 0.355 e. The van der Waals surface area contributed by atoms with Gasteiger partial charge in [0, 0.05) is 24.9 Å². The average Bonchev–Trinajstić information content (AvgIpc) is 2.96. The molecule has 3 aromatic rings. The van der Waals surface area contributed by atoms with Gasteiger partial charge in [-0.2, -0.15) is 0 Å². The van der Waals surface area contributed by atoms with Crippen LogP contribution in [0.4, 0.5) is 5.95 Å². The maximum absolute atomic E-state index is 4.44. The lowest BCUT2D eigenvalue weighted by Crippen LogP contribution is -2.06. The molecule has 0 fully saturated rings. The van der Waals surface area contributed by atoms with Gasteiger partial charge in [-0.15, -0.1) is 0 Å². The minimum Gasteiger partial charge on any atom is -0.355 e. The number of aromatic amines is 2. The summed E-state index contributed by atoms with van der Waals surface area (Å²) in [7, 11) is 0. The van der Waals surface area contributed by atoms with Crippen LogP contribution in [0, 0.1) is 0 Å². The minimum atomic E-state index is 0.811. The highest BCUT2D eigenvalue weighted by Gasteiger charge is 2.00. The van der Waals surface area contributed by atoms with E-state index in [-0.39, 0.29) is 0 Å². The number of anilines is 1. The summed E-state index contributed by atoms with van der Waals surface area (Å²) in [5, 5.41) is 3.26. The van der Waals surface area contributed by atoms with Crippen LogP contribution in [0.3, 0.4) is 0 Å². The molecule has 0 saturated heterocycles. The van der Waals surface area contributed by atoms with Gasteiger partial charge in [-0.25, -0.2) is 9.97 Å². The molecule has 0 aliphatic carbocycles. The molecule has 2 heterocycles. The van der Waals surface area contributed by atoms with Gasteiger partial charge in [0.15, 0.2) is 0 Å². The van der Waals surface area contributed by atoms with Crippen LogP contribution in [0.15, 0.2) is 36.8 Å². The molecular formula is C12H13N5.